The number of carbonyl (C=O) groups is 1. The molecule has 5 heteroatoms. The van der Waals surface area contributed by atoms with Gasteiger partial charge < -0.3 is 20.4 Å². The minimum Gasteiger partial charge on any atom is -0.508 e. The number of phenols is 2. The molecule has 0 aromatic heterocycles. The van der Waals surface area contributed by atoms with Crippen molar-refractivity contribution >= 4 is 5.91 Å². The predicted molar refractivity (Wildman–Crippen MR) is 69.5 cm³/mol. The maximum atomic E-state index is 11.4. The Morgan fingerprint density at radius 2 is 2.06 bits per heavy atom. The Hall–Kier alpha value is -1.75. The fourth-order valence-corrected chi connectivity index (χ4v) is 1.63. The zero-order valence-electron chi connectivity index (χ0n) is 11.0. The van der Waals surface area contributed by atoms with Crippen LogP contribution >= 0.6 is 0 Å². The van der Waals surface area contributed by atoms with E-state index < -0.39 is 0 Å². The highest BCUT2D eigenvalue weighted by molar-refractivity contribution is 5.75. The van der Waals surface area contributed by atoms with Crippen LogP contribution in [0.5, 0.6) is 11.5 Å². The van der Waals surface area contributed by atoms with Gasteiger partial charge in [-0.15, -0.1) is 0 Å². The summed E-state index contributed by atoms with van der Waals surface area (Å²) in [6.07, 6.45) is 0.413. The number of hydrogen-bond donors (Lipinski definition) is 3. The molecule has 0 aliphatic carbocycles. The number of hydrogen-bond acceptors (Lipinski definition) is 4. The van der Waals surface area contributed by atoms with E-state index in [2.05, 4.69) is 5.32 Å². The van der Waals surface area contributed by atoms with Crippen molar-refractivity contribution in [2.45, 2.75) is 19.4 Å². The van der Waals surface area contributed by atoms with Crippen LogP contribution in [0.15, 0.2) is 18.2 Å². The highest BCUT2D eigenvalue weighted by Gasteiger charge is 2.11. The molecule has 0 spiro atoms. The first-order chi connectivity index (χ1) is 8.41. The molecule has 5 nitrogen and oxygen atoms in total. The number of rotatable bonds is 5. The number of nitrogens with one attached hydrogen (secondary N) is 1. The molecule has 0 fully saturated rings. The lowest BCUT2D eigenvalue weighted by Crippen LogP contribution is -2.28. The summed E-state index contributed by atoms with van der Waals surface area (Å²) in [5.74, 6) is 0.143. The van der Waals surface area contributed by atoms with Gasteiger partial charge in [0.1, 0.15) is 11.5 Å². The van der Waals surface area contributed by atoms with Gasteiger partial charge in [-0.2, -0.15) is 0 Å². The van der Waals surface area contributed by atoms with Crippen molar-refractivity contribution in [3.8, 4) is 11.5 Å². The molecule has 1 aromatic rings. The summed E-state index contributed by atoms with van der Waals surface area (Å²) >= 11 is 0. The molecule has 1 unspecified atom stereocenters. The molecule has 1 atom stereocenters. The second kappa shape index (κ2) is 6.26. The van der Waals surface area contributed by atoms with Gasteiger partial charge in [0.15, 0.2) is 0 Å². The van der Waals surface area contributed by atoms with E-state index in [0.29, 0.717) is 18.5 Å². The number of amides is 1. The van der Waals surface area contributed by atoms with Crippen LogP contribution in [0.4, 0.5) is 0 Å². The third kappa shape index (κ3) is 3.92. The summed E-state index contributed by atoms with van der Waals surface area (Å²) in [4.78, 5) is 12.9. The first-order valence-electron chi connectivity index (χ1n) is 5.87. The molecule has 1 amide bonds. The summed E-state index contributed by atoms with van der Waals surface area (Å²) in [5, 5.41) is 22.0. The van der Waals surface area contributed by atoms with E-state index in [1.54, 1.807) is 25.1 Å². The normalized spacial score (nSPS) is 12.2. The first kappa shape index (κ1) is 14.3. The average Bonchev–Trinajstić information content (AvgIpc) is 2.28. The molecule has 0 aliphatic heterocycles. The average molecular weight is 252 g/mol. The second-order valence-corrected chi connectivity index (χ2v) is 4.46. The van der Waals surface area contributed by atoms with Crippen LogP contribution in [0, 0.1) is 0 Å². The van der Waals surface area contributed by atoms with Gasteiger partial charge >= 0.3 is 0 Å². The van der Waals surface area contributed by atoms with Crippen LogP contribution in [0.25, 0.3) is 0 Å². The molecule has 0 saturated carbocycles. The number of carbonyl (C=O) groups excluding carboxylic acids is 1. The van der Waals surface area contributed by atoms with E-state index in [-0.39, 0.29) is 23.4 Å². The lowest BCUT2D eigenvalue weighted by Gasteiger charge is -2.16. The van der Waals surface area contributed by atoms with Gasteiger partial charge in [0, 0.05) is 44.7 Å². The SMILES string of the molecule is CC(NCCC(=O)N(C)C)c1ccc(O)cc1O. The van der Waals surface area contributed by atoms with Crippen molar-refractivity contribution in [1.29, 1.82) is 0 Å². The zero-order valence-corrected chi connectivity index (χ0v) is 11.0. The minimum absolute atomic E-state index is 0.0336. The third-order valence-electron chi connectivity index (χ3n) is 2.77. The van der Waals surface area contributed by atoms with Crippen molar-refractivity contribution in [3.63, 3.8) is 0 Å². The van der Waals surface area contributed by atoms with Gasteiger partial charge in [-0.05, 0) is 13.0 Å². The van der Waals surface area contributed by atoms with Gasteiger partial charge in [-0.3, -0.25) is 4.79 Å². The molecule has 0 radical (unpaired) electrons. The molecule has 0 aliphatic rings. The van der Waals surface area contributed by atoms with Crippen LogP contribution in [-0.2, 0) is 4.79 Å². The number of nitrogens with zero attached hydrogens (tertiary/aromatic N) is 1. The fraction of sp³-hybridized carbons (Fsp3) is 0.462. The van der Waals surface area contributed by atoms with Crippen molar-refractivity contribution in [2.24, 2.45) is 0 Å². The van der Waals surface area contributed by atoms with Gasteiger partial charge in [-0.25, -0.2) is 0 Å². The van der Waals surface area contributed by atoms with Crippen molar-refractivity contribution in [2.75, 3.05) is 20.6 Å². The molecule has 0 saturated heterocycles. The van der Waals surface area contributed by atoms with Crippen LogP contribution in [0.1, 0.15) is 24.9 Å². The summed E-state index contributed by atoms with van der Waals surface area (Å²) in [5.41, 5.74) is 0.699. The van der Waals surface area contributed by atoms with E-state index in [4.69, 9.17) is 0 Å². The Bertz CT molecular complexity index is 419. The molecule has 18 heavy (non-hydrogen) atoms. The zero-order chi connectivity index (χ0) is 13.7. The molecule has 3 N–H and O–H groups in total. The first-order valence-corrected chi connectivity index (χ1v) is 5.87. The Kier molecular flexibility index (Phi) is 4.97. The topological polar surface area (TPSA) is 72.8 Å². The van der Waals surface area contributed by atoms with Gasteiger partial charge in [0.25, 0.3) is 0 Å². The Labute approximate surface area is 107 Å². The van der Waals surface area contributed by atoms with Crippen LogP contribution in [-0.4, -0.2) is 41.7 Å². The quantitative estimate of drug-likeness (QED) is 0.737. The smallest absolute Gasteiger partial charge is 0.223 e. The lowest BCUT2D eigenvalue weighted by molar-refractivity contribution is -0.128. The molecular formula is C13H20N2O3. The highest BCUT2D eigenvalue weighted by Crippen LogP contribution is 2.27. The maximum absolute atomic E-state index is 11.4. The molecular weight excluding hydrogens is 232 g/mol. The van der Waals surface area contributed by atoms with Gasteiger partial charge in [0.2, 0.25) is 5.91 Å². The van der Waals surface area contributed by atoms with Crippen LogP contribution < -0.4 is 5.32 Å². The van der Waals surface area contributed by atoms with E-state index in [9.17, 15) is 15.0 Å². The fourth-order valence-electron chi connectivity index (χ4n) is 1.63. The monoisotopic (exact) mass is 252 g/mol. The summed E-state index contributed by atoms with van der Waals surface area (Å²) in [6.45, 7) is 2.44. The number of benzene rings is 1. The van der Waals surface area contributed by atoms with E-state index >= 15 is 0 Å². The summed E-state index contributed by atoms with van der Waals surface area (Å²) in [6, 6.07) is 4.41. The second-order valence-electron chi connectivity index (χ2n) is 4.46. The highest BCUT2D eigenvalue weighted by atomic mass is 16.3. The summed E-state index contributed by atoms with van der Waals surface area (Å²) < 4.78 is 0. The van der Waals surface area contributed by atoms with Crippen molar-refractivity contribution < 1.29 is 15.0 Å². The molecule has 0 heterocycles. The van der Waals surface area contributed by atoms with E-state index in [0.717, 1.165) is 0 Å². The molecule has 1 rings (SSSR count). The van der Waals surface area contributed by atoms with Crippen molar-refractivity contribution in [3.05, 3.63) is 23.8 Å². The van der Waals surface area contributed by atoms with Gasteiger partial charge in [-0.1, -0.05) is 6.07 Å². The number of aromatic hydroxyl groups is 2. The third-order valence-corrected chi connectivity index (χ3v) is 2.77. The molecule has 1 aromatic carbocycles. The molecule has 100 valence electrons. The van der Waals surface area contributed by atoms with Crippen molar-refractivity contribution in [1.82, 2.24) is 10.2 Å². The summed E-state index contributed by atoms with van der Waals surface area (Å²) in [7, 11) is 3.44. The van der Waals surface area contributed by atoms with Gasteiger partial charge in [0.05, 0.1) is 0 Å². The van der Waals surface area contributed by atoms with E-state index in [1.807, 2.05) is 6.92 Å². The Balaban J connectivity index is 2.50. The molecule has 0 bridgehead atoms. The largest absolute Gasteiger partial charge is 0.508 e. The Morgan fingerprint density at radius 1 is 1.39 bits per heavy atom. The lowest BCUT2D eigenvalue weighted by atomic mass is 10.1. The minimum atomic E-state index is -0.0828. The standard InChI is InChI=1S/C13H20N2O3/c1-9(14-7-6-13(18)15(2)3)11-5-4-10(16)8-12(11)17/h4-5,8-9,14,16-17H,6-7H2,1-3H3. The number of phenolic OH excluding ortho intramolecular Hbond substituents is 2. The Morgan fingerprint density at radius 3 is 2.61 bits per heavy atom. The predicted octanol–water partition coefficient (Wildman–Crippen LogP) is 1.23. The van der Waals surface area contributed by atoms with Crippen LogP contribution in [0.2, 0.25) is 0 Å². The maximum Gasteiger partial charge on any atom is 0.223 e. The van der Waals surface area contributed by atoms with E-state index in [1.165, 1.54) is 12.1 Å². The van der Waals surface area contributed by atoms with Crippen LogP contribution in [0.3, 0.4) is 0 Å².